The summed E-state index contributed by atoms with van der Waals surface area (Å²) >= 11 is 1.24. The standard InChI is InChI=1S/C24H24N6OS/c1-29-20-14-26-24(27-18-9-11-19(32-25)12-10-18)28-22(20)30(2)21(23(29)31)17-8-7-15-5-3-4-6-16(15)13-17/h3-9,11-14,18,21H,10,25H2,1-2H3,(H,26,27,28). The van der Waals surface area contributed by atoms with Crippen LogP contribution in [0.5, 0.6) is 0 Å². The number of hydrogen-bond acceptors (Lipinski definition) is 7. The normalized spacial score (nSPS) is 20.3. The fraction of sp³-hybridized carbons (Fsp3) is 0.208. The quantitative estimate of drug-likeness (QED) is 0.588. The number of amides is 1. The molecular weight excluding hydrogens is 420 g/mol. The van der Waals surface area contributed by atoms with E-state index in [0.717, 1.165) is 33.5 Å². The van der Waals surface area contributed by atoms with Crippen LogP contribution in [0.4, 0.5) is 17.5 Å². The van der Waals surface area contributed by atoms with Crippen molar-refractivity contribution in [2.24, 2.45) is 5.14 Å². The van der Waals surface area contributed by atoms with Crippen molar-refractivity contribution in [2.75, 3.05) is 29.2 Å². The Balaban J connectivity index is 1.46. The molecule has 0 saturated heterocycles. The molecule has 1 aliphatic carbocycles. The number of hydrogen-bond donors (Lipinski definition) is 2. The van der Waals surface area contributed by atoms with Gasteiger partial charge in [0.15, 0.2) is 5.82 Å². The van der Waals surface area contributed by atoms with Crippen LogP contribution >= 0.6 is 11.9 Å². The molecule has 5 rings (SSSR count). The van der Waals surface area contributed by atoms with E-state index in [0.29, 0.717) is 11.6 Å². The number of fused-ring (bicyclic) bond motifs is 2. The number of rotatable bonds is 4. The van der Waals surface area contributed by atoms with Gasteiger partial charge >= 0.3 is 0 Å². The van der Waals surface area contributed by atoms with Crippen molar-refractivity contribution in [2.45, 2.75) is 18.5 Å². The third-order valence-electron chi connectivity index (χ3n) is 6.00. The fourth-order valence-corrected chi connectivity index (χ4v) is 4.58. The number of carbonyl (C=O) groups is 1. The Morgan fingerprint density at radius 2 is 1.97 bits per heavy atom. The first-order chi connectivity index (χ1) is 15.5. The highest BCUT2D eigenvalue weighted by Crippen LogP contribution is 2.39. The largest absolute Gasteiger partial charge is 0.348 e. The van der Waals surface area contributed by atoms with Gasteiger partial charge in [0.2, 0.25) is 5.95 Å². The van der Waals surface area contributed by atoms with Crippen LogP contribution in [-0.4, -0.2) is 36.0 Å². The molecule has 1 aliphatic heterocycles. The van der Waals surface area contributed by atoms with Crippen LogP contribution in [0.15, 0.2) is 71.8 Å². The van der Waals surface area contributed by atoms with Gasteiger partial charge in [-0.3, -0.25) is 9.93 Å². The minimum Gasteiger partial charge on any atom is -0.348 e. The molecule has 2 atom stereocenters. The summed E-state index contributed by atoms with van der Waals surface area (Å²) in [4.78, 5) is 27.1. The van der Waals surface area contributed by atoms with Crippen LogP contribution in [0.1, 0.15) is 18.0 Å². The first-order valence-electron chi connectivity index (χ1n) is 10.4. The van der Waals surface area contributed by atoms with Gasteiger partial charge < -0.3 is 15.1 Å². The lowest BCUT2D eigenvalue weighted by molar-refractivity contribution is -0.120. The van der Waals surface area contributed by atoms with Crippen molar-refractivity contribution in [1.29, 1.82) is 0 Å². The third kappa shape index (κ3) is 3.61. The highest BCUT2D eigenvalue weighted by molar-refractivity contribution is 8.01. The minimum atomic E-state index is -0.457. The Morgan fingerprint density at radius 3 is 2.72 bits per heavy atom. The number of likely N-dealkylation sites (N-methyl/N-ethyl adjacent to an activating group) is 2. The van der Waals surface area contributed by atoms with Gasteiger partial charge in [0.05, 0.1) is 12.2 Å². The van der Waals surface area contributed by atoms with Gasteiger partial charge in [-0.25, -0.2) is 4.98 Å². The summed E-state index contributed by atoms with van der Waals surface area (Å²) in [7, 11) is 3.69. The summed E-state index contributed by atoms with van der Waals surface area (Å²) in [5.74, 6) is 1.24. The van der Waals surface area contributed by atoms with Gasteiger partial charge in [0, 0.05) is 19.0 Å². The zero-order valence-corrected chi connectivity index (χ0v) is 18.7. The molecular formula is C24H24N6OS. The molecule has 2 aliphatic rings. The molecule has 3 N–H and O–H groups in total. The number of carbonyl (C=O) groups excluding carboxylic acids is 1. The summed E-state index contributed by atoms with van der Waals surface area (Å²) in [6.45, 7) is 0. The summed E-state index contributed by atoms with van der Waals surface area (Å²) in [5.41, 5.74) is 1.63. The minimum absolute atomic E-state index is 0.00763. The highest BCUT2D eigenvalue weighted by Gasteiger charge is 2.37. The van der Waals surface area contributed by atoms with Crippen LogP contribution < -0.4 is 20.3 Å². The second kappa shape index (κ2) is 8.29. The first-order valence-corrected chi connectivity index (χ1v) is 11.3. The zero-order valence-electron chi connectivity index (χ0n) is 17.9. The molecule has 2 aromatic carbocycles. The third-order valence-corrected chi connectivity index (χ3v) is 6.58. The van der Waals surface area contributed by atoms with Crippen molar-refractivity contribution in [3.63, 3.8) is 0 Å². The molecule has 2 heterocycles. The molecule has 0 fully saturated rings. The predicted octanol–water partition coefficient (Wildman–Crippen LogP) is 4.01. The van der Waals surface area contributed by atoms with Crippen molar-refractivity contribution in [3.05, 3.63) is 77.4 Å². The number of nitrogens with two attached hydrogens (primary N) is 1. The average Bonchev–Trinajstić information content (AvgIpc) is 2.83. The average molecular weight is 445 g/mol. The van der Waals surface area contributed by atoms with Gasteiger partial charge in [0.25, 0.3) is 5.91 Å². The molecule has 8 heteroatoms. The molecule has 32 heavy (non-hydrogen) atoms. The van der Waals surface area contributed by atoms with E-state index in [1.165, 1.54) is 11.9 Å². The maximum atomic E-state index is 13.3. The topological polar surface area (TPSA) is 87.4 Å². The zero-order chi connectivity index (χ0) is 22.2. The van der Waals surface area contributed by atoms with Crippen molar-refractivity contribution in [3.8, 4) is 0 Å². The predicted molar refractivity (Wildman–Crippen MR) is 132 cm³/mol. The number of aromatic nitrogens is 2. The first kappa shape index (κ1) is 20.5. The lowest BCUT2D eigenvalue weighted by atomic mass is 9.98. The molecule has 0 spiro atoms. The number of nitrogens with one attached hydrogen (secondary N) is 1. The molecule has 162 valence electrons. The van der Waals surface area contributed by atoms with E-state index in [4.69, 9.17) is 10.1 Å². The lowest BCUT2D eigenvalue weighted by Gasteiger charge is -2.38. The maximum absolute atomic E-state index is 13.3. The van der Waals surface area contributed by atoms with Crippen LogP contribution in [0.25, 0.3) is 10.8 Å². The van der Waals surface area contributed by atoms with E-state index < -0.39 is 6.04 Å². The SMILES string of the molecule is CN1C(=O)C(c2ccc3ccccc3c2)N(C)c2nc(NC3C=CC(SN)=CC3)ncc21. The molecule has 1 amide bonds. The Kier molecular flexibility index (Phi) is 5.32. The summed E-state index contributed by atoms with van der Waals surface area (Å²) in [6, 6.07) is 14.0. The van der Waals surface area contributed by atoms with Gasteiger partial charge in [-0.2, -0.15) is 4.98 Å². The summed E-state index contributed by atoms with van der Waals surface area (Å²) in [5, 5.41) is 11.2. The van der Waals surface area contributed by atoms with E-state index in [-0.39, 0.29) is 11.9 Å². The Morgan fingerprint density at radius 1 is 1.16 bits per heavy atom. The van der Waals surface area contributed by atoms with E-state index in [2.05, 4.69) is 46.7 Å². The number of anilines is 3. The molecule has 0 bridgehead atoms. The molecule has 3 aromatic rings. The van der Waals surface area contributed by atoms with Crippen molar-refractivity contribution < 1.29 is 4.79 Å². The summed E-state index contributed by atoms with van der Waals surface area (Å²) in [6.07, 6.45) is 8.67. The molecule has 2 unspecified atom stereocenters. The van der Waals surface area contributed by atoms with E-state index in [1.807, 2.05) is 36.2 Å². The van der Waals surface area contributed by atoms with Crippen molar-refractivity contribution >= 4 is 46.1 Å². The number of allylic oxidation sites excluding steroid dienone is 1. The molecule has 0 radical (unpaired) electrons. The number of benzene rings is 2. The van der Waals surface area contributed by atoms with Crippen LogP contribution in [-0.2, 0) is 4.79 Å². The maximum Gasteiger partial charge on any atom is 0.254 e. The van der Waals surface area contributed by atoms with E-state index in [1.54, 1.807) is 18.1 Å². The highest BCUT2D eigenvalue weighted by atomic mass is 32.2. The van der Waals surface area contributed by atoms with Gasteiger partial charge in [-0.05, 0) is 46.8 Å². The van der Waals surface area contributed by atoms with Crippen LogP contribution in [0.3, 0.4) is 0 Å². The second-order valence-electron chi connectivity index (χ2n) is 7.99. The molecule has 0 saturated carbocycles. The Bertz CT molecular complexity index is 1260. The van der Waals surface area contributed by atoms with Gasteiger partial charge in [0.1, 0.15) is 11.7 Å². The van der Waals surface area contributed by atoms with E-state index in [9.17, 15) is 4.79 Å². The van der Waals surface area contributed by atoms with Gasteiger partial charge in [-0.15, -0.1) is 0 Å². The van der Waals surface area contributed by atoms with Crippen LogP contribution in [0.2, 0.25) is 0 Å². The number of nitrogens with zero attached hydrogens (tertiary/aromatic N) is 4. The summed E-state index contributed by atoms with van der Waals surface area (Å²) < 4.78 is 0. The van der Waals surface area contributed by atoms with Crippen molar-refractivity contribution in [1.82, 2.24) is 9.97 Å². The Hall–Kier alpha value is -3.36. The van der Waals surface area contributed by atoms with E-state index >= 15 is 0 Å². The fourth-order valence-electron chi connectivity index (χ4n) is 4.23. The lowest BCUT2D eigenvalue weighted by Crippen LogP contribution is -2.45. The Labute approximate surface area is 191 Å². The second-order valence-corrected chi connectivity index (χ2v) is 8.70. The van der Waals surface area contributed by atoms with Gasteiger partial charge in [-0.1, -0.05) is 48.6 Å². The monoisotopic (exact) mass is 444 g/mol. The molecule has 1 aromatic heterocycles. The molecule has 7 nitrogen and oxygen atoms in total. The smallest absolute Gasteiger partial charge is 0.254 e. The van der Waals surface area contributed by atoms with Crippen LogP contribution in [0, 0.1) is 0 Å².